The summed E-state index contributed by atoms with van der Waals surface area (Å²) in [4.78, 5) is 0. The molecule has 0 heterocycles. The van der Waals surface area contributed by atoms with Gasteiger partial charge in [0, 0.05) is 0 Å². The van der Waals surface area contributed by atoms with E-state index in [1.807, 2.05) is 0 Å². The average Bonchev–Trinajstić information content (AvgIpc) is 2.42. The zero-order valence-corrected chi connectivity index (χ0v) is 11.8. The third-order valence-electron chi connectivity index (χ3n) is 2.55. The molecule has 0 saturated heterocycles. The summed E-state index contributed by atoms with van der Waals surface area (Å²) in [5, 5.41) is 8.92. The minimum atomic E-state index is -4.54. The van der Waals surface area contributed by atoms with Crippen molar-refractivity contribution in [3.8, 4) is 17.6 Å². The molecule has 0 bridgehead atoms. The summed E-state index contributed by atoms with van der Waals surface area (Å²) < 4.78 is 56.2. The van der Waals surface area contributed by atoms with E-state index >= 15 is 0 Å². The molecule has 0 N–H and O–H groups in total. The van der Waals surface area contributed by atoms with E-state index in [1.54, 1.807) is 6.07 Å². The van der Waals surface area contributed by atoms with Gasteiger partial charge in [-0.25, -0.2) is 4.39 Å². The fourth-order valence-corrected chi connectivity index (χ4v) is 1.91. The van der Waals surface area contributed by atoms with Gasteiger partial charge in [0.1, 0.15) is 23.4 Å². The van der Waals surface area contributed by atoms with Gasteiger partial charge in [0.05, 0.1) is 15.6 Å². The normalized spacial score (nSPS) is 11.0. The summed E-state index contributed by atoms with van der Waals surface area (Å²) >= 11 is 2.96. The molecule has 0 spiro atoms. The van der Waals surface area contributed by atoms with Gasteiger partial charge >= 0.3 is 6.18 Å². The Morgan fingerprint density at radius 3 is 2.38 bits per heavy atom. The first-order chi connectivity index (χ1) is 9.81. The van der Waals surface area contributed by atoms with Crippen LogP contribution in [-0.4, -0.2) is 0 Å². The summed E-state index contributed by atoms with van der Waals surface area (Å²) in [6.45, 7) is 0. The molecule has 108 valence electrons. The van der Waals surface area contributed by atoms with Crippen LogP contribution in [0.5, 0.6) is 11.5 Å². The lowest BCUT2D eigenvalue weighted by atomic mass is 10.1. The minimum Gasteiger partial charge on any atom is -0.456 e. The van der Waals surface area contributed by atoms with Gasteiger partial charge in [-0.1, -0.05) is 0 Å². The Bertz CT molecular complexity index is 722. The summed E-state index contributed by atoms with van der Waals surface area (Å²) in [6.07, 6.45) is -4.54. The maximum absolute atomic E-state index is 13.1. The van der Waals surface area contributed by atoms with Crippen molar-refractivity contribution in [1.29, 1.82) is 5.26 Å². The second-order valence-corrected chi connectivity index (χ2v) is 4.85. The molecule has 0 aliphatic heterocycles. The van der Waals surface area contributed by atoms with Crippen LogP contribution in [0.1, 0.15) is 11.1 Å². The van der Waals surface area contributed by atoms with Crippen LogP contribution in [0.2, 0.25) is 0 Å². The molecule has 2 nitrogen and oxygen atoms in total. The Balaban J connectivity index is 2.36. The number of hydrogen-bond acceptors (Lipinski definition) is 2. The molecule has 0 saturated carbocycles. The molecule has 0 radical (unpaired) electrons. The molecule has 2 rings (SSSR count). The number of rotatable bonds is 2. The lowest BCUT2D eigenvalue weighted by molar-refractivity contribution is -0.137. The Hall–Kier alpha value is -2.07. The molecule has 2 aromatic carbocycles. The number of nitrogens with zero attached hydrogens (tertiary/aromatic N) is 1. The maximum Gasteiger partial charge on any atom is 0.416 e. The number of ether oxygens (including phenoxy) is 1. The van der Waals surface area contributed by atoms with Gasteiger partial charge in [-0.15, -0.1) is 0 Å². The number of hydrogen-bond donors (Lipinski definition) is 0. The zero-order valence-electron chi connectivity index (χ0n) is 10.2. The predicted molar refractivity (Wildman–Crippen MR) is 70.3 cm³/mol. The Labute approximate surface area is 125 Å². The minimum absolute atomic E-state index is 0.0380. The summed E-state index contributed by atoms with van der Waals surface area (Å²) in [5.41, 5.74) is -1.20. The molecule has 21 heavy (non-hydrogen) atoms. The second-order valence-electron chi connectivity index (χ2n) is 4.00. The molecule has 7 heteroatoms. The van der Waals surface area contributed by atoms with E-state index in [1.165, 1.54) is 12.1 Å². The molecule has 0 aliphatic rings. The molecule has 2 aromatic rings. The third-order valence-corrected chi connectivity index (χ3v) is 3.15. The van der Waals surface area contributed by atoms with Gasteiger partial charge in [0.25, 0.3) is 0 Å². The van der Waals surface area contributed by atoms with Gasteiger partial charge in [-0.05, 0) is 52.3 Å². The largest absolute Gasteiger partial charge is 0.456 e. The smallest absolute Gasteiger partial charge is 0.416 e. The van der Waals surface area contributed by atoms with Crippen LogP contribution in [0.25, 0.3) is 0 Å². The SMILES string of the molecule is N#Cc1cc(C(F)(F)F)ccc1Oc1ccc(F)c(Br)c1. The fourth-order valence-electron chi connectivity index (χ4n) is 1.55. The van der Waals surface area contributed by atoms with Crippen molar-refractivity contribution < 1.29 is 22.3 Å². The van der Waals surface area contributed by atoms with Crippen LogP contribution >= 0.6 is 15.9 Å². The van der Waals surface area contributed by atoms with Crippen LogP contribution in [0.3, 0.4) is 0 Å². The van der Waals surface area contributed by atoms with E-state index in [-0.39, 0.29) is 21.5 Å². The van der Waals surface area contributed by atoms with Crippen LogP contribution in [0.15, 0.2) is 40.9 Å². The topological polar surface area (TPSA) is 33.0 Å². The lowest BCUT2D eigenvalue weighted by Crippen LogP contribution is -2.05. The number of benzene rings is 2. The van der Waals surface area contributed by atoms with E-state index in [9.17, 15) is 17.6 Å². The van der Waals surface area contributed by atoms with Gasteiger partial charge in [-0.3, -0.25) is 0 Å². The highest BCUT2D eigenvalue weighted by atomic mass is 79.9. The van der Waals surface area contributed by atoms with Crippen molar-refractivity contribution in [1.82, 2.24) is 0 Å². The van der Waals surface area contributed by atoms with Gasteiger partial charge in [0.2, 0.25) is 0 Å². The van der Waals surface area contributed by atoms with Crippen molar-refractivity contribution in [3.05, 3.63) is 57.8 Å². The highest BCUT2D eigenvalue weighted by Crippen LogP contribution is 2.34. The van der Waals surface area contributed by atoms with E-state index in [0.717, 1.165) is 18.2 Å². The Morgan fingerprint density at radius 1 is 1.10 bits per heavy atom. The first-order valence-electron chi connectivity index (χ1n) is 5.55. The molecule has 0 aliphatic carbocycles. The summed E-state index contributed by atoms with van der Waals surface area (Å²) in [7, 11) is 0. The van der Waals surface area contributed by atoms with E-state index < -0.39 is 17.6 Å². The van der Waals surface area contributed by atoms with Gasteiger partial charge < -0.3 is 4.74 Å². The van der Waals surface area contributed by atoms with Crippen LogP contribution in [0, 0.1) is 17.1 Å². The van der Waals surface area contributed by atoms with Crippen LogP contribution in [0.4, 0.5) is 17.6 Å². The van der Waals surface area contributed by atoms with E-state index in [0.29, 0.717) is 6.07 Å². The standard InChI is InChI=1S/C14H6BrF4NO/c15-11-6-10(2-3-12(11)16)21-13-4-1-9(14(17,18)19)5-8(13)7-20/h1-6H. The quantitative estimate of drug-likeness (QED) is 0.684. The Morgan fingerprint density at radius 2 is 1.81 bits per heavy atom. The number of nitriles is 1. The van der Waals surface area contributed by atoms with Crippen LogP contribution < -0.4 is 4.74 Å². The van der Waals surface area contributed by atoms with Crippen molar-refractivity contribution in [2.24, 2.45) is 0 Å². The fraction of sp³-hybridized carbons (Fsp3) is 0.0714. The van der Waals surface area contributed by atoms with Crippen LogP contribution in [-0.2, 0) is 6.18 Å². The van der Waals surface area contributed by atoms with Crippen molar-refractivity contribution >= 4 is 15.9 Å². The summed E-state index contributed by atoms with van der Waals surface area (Å²) in [6, 6.07) is 7.97. The first kappa shape index (κ1) is 15.3. The third kappa shape index (κ3) is 3.52. The first-order valence-corrected chi connectivity index (χ1v) is 6.35. The number of alkyl halides is 3. The number of halogens is 5. The van der Waals surface area contributed by atoms with E-state index in [4.69, 9.17) is 10.00 Å². The molecule has 0 fully saturated rings. The molecule has 0 aromatic heterocycles. The maximum atomic E-state index is 13.1. The van der Waals surface area contributed by atoms with Crippen molar-refractivity contribution in [2.45, 2.75) is 6.18 Å². The highest BCUT2D eigenvalue weighted by molar-refractivity contribution is 9.10. The van der Waals surface area contributed by atoms with Gasteiger partial charge in [-0.2, -0.15) is 18.4 Å². The molecule has 0 unspecified atom stereocenters. The summed E-state index contributed by atoms with van der Waals surface area (Å²) in [5.74, 6) is -0.348. The predicted octanol–water partition coefficient (Wildman–Crippen LogP) is 5.27. The van der Waals surface area contributed by atoms with Gasteiger partial charge in [0.15, 0.2) is 0 Å². The van der Waals surface area contributed by atoms with Crippen molar-refractivity contribution in [3.63, 3.8) is 0 Å². The monoisotopic (exact) mass is 359 g/mol. The molecule has 0 amide bonds. The average molecular weight is 360 g/mol. The zero-order chi connectivity index (χ0) is 15.6. The molecular weight excluding hydrogens is 354 g/mol. The highest BCUT2D eigenvalue weighted by Gasteiger charge is 2.31. The Kier molecular flexibility index (Phi) is 4.19. The lowest BCUT2D eigenvalue weighted by Gasteiger charge is -2.11. The van der Waals surface area contributed by atoms with E-state index in [2.05, 4.69) is 15.9 Å². The molecular formula is C14H6BrF4NO. The second kappa shape index (κ2) is 5.74. The molecule has 0 atom stereocenters. The van der Waals surface area contributed by atoms with Crippen molar-refractivity contribution in [2.75, 3.05) is 0 Å².